The van der Waals surface area contributed by atoms with E-state index in [1.54, 1.807) is 13.0 Å². The molecule has 4 aliphatic rings. The molecule has 5 heterocycles. The van der Waals surface area contributed by atoms with Crippen LogP contribution in [0.2, 0.25) is 4.34 Å². The Hall–Kier alpha value is -7.19. The number of aryl methyl sites for hydroxylation is 1. The molecular weight excluding hydrogens is 908 g/mol. The van der Waals surface area contributed by atoms with Gasteiger partial charge in [0.1, 0.15) is 21.8 Å². The number of rotatable bonds is 14. The maximum absolute atomic E-state index is 14.9. The van der Waals surface area contributed by atoms with Gasteiger partial charge in [-0.1, -0.05) is 168 Å². The van der Waals surface area contributed by atoms with Crippen LogP contribution in [0.4, 0.5) is 0 Å². The summed E-state index contributed by atoms with van der Waals surface area (Å²) in [5, 5.41) is 11.6. The molecule has 1 unspecified atom stereocenters. The first-order valence-corrected chi connectivity index (χ1v) is 24.4. The third-order valence-corrected chi connectivity index (χ3v) is 14.5. The summed E-state index contributed by atoms with van der Waals surface area (Å²) in [7, 11) is 0. The number of benzene rings is 5. The zero-order valence-electron chi connectivity index (χ0n) is 37.8. The van der Waals surface area contributed by atoms with Crippen molar-refractivity contribution in [1.29, 1.82) is 0 Å². The lowest BCUT2D eigenvalue weighted by Gasteiger charge is -2.50. The van der Waals surface area contributed by atoms with Crippen molar-refractivity contribution in [1.82, 2.24) is 25.4 Å². The molecule has 69 heavy (non-hydrogen) atoms. The first-order chi connectivity index (χ1) is 33.7. The van der Waals surface area contributed by atoms with Gasteiger partial charge in [0, 0.05) is 41.4 Å². The first kappa shape index (κ1) is 45.6. The summed E-state index contributed by atoms with van der Waals surface area (Å²) in [6, 6.07) is 46.1. The molecule has 0 saturated carbocycles. The predicted molar refractivity (Wildman–Crippen MR) is 264 cm³/mol. The van der Waals surface area contributed by atoms with E-state index in [1.807, 2.05) is 157 Å². The highest BCUT2D eigenvalue weighted by Crippen LogP contribution is 2.43. The van der Waals surface area contributed by atoms with Gasteiger partial charge in [-0.15, -0.1) is 11.3 Å². The average Bonchev–Trinajstić information content (AvgIpc) is 4.14. The highest BCUT2D eigenvalue weighted by molar-refractivity contribution is 7.16. The van der Waals surface area contributed by atoms with E-state index < -0.39 is 41.6 Å². The van der Waals surface area contributed by atoms with Crippen LogP contribution in [0.25, 0.3) is 0 Å². The summed E-state index contributed by atoms with van der Waals surface area (Å²) < 4.78 is 6.64. The number of hydrogen-bond acceptors (Lipinski definition) is 10. The minimum Gasteiger partial charge on any atom is -0.448 e. The molecule has 14 heteroatoms. The summed E-state index contributed by atoms with van der Waals surface area (Å²) in [5.74, 6) is -2.05. The number of thiazole rings is 1. The number of allylic oxidation sites excluding steroid dienone is 2. The van der Waals surface area contributed by atoms with Gasteiger partial charge in [0.2, 0.25) is 11.5 Å². The van der Waals surface area contributed by atoms with Crippen molar-refractivity contribution in [2.24, 2.45) is 5.16 Å². The van der Waals surface area contributed by atoms with Crippen molar-refractivity contribution in [3.05, 3.63) is 217 Å². The van der Waals surface area contributed by atoms with Crippen molar-refractivity contribution in [2.45, 2.75) is 62.4 Å². The Morgan fingerprint density at radius 1 is 0.826 bits per heavy atom. The highest BCUT2D eigenvalue weighted by atomic mass is 35.5. The standard InChI is InChI=1S/C55H49ClN6O6S/c1-35-58-46(50(56)69-35)47(60-68-55(40-21-11-4-12-22-40,41-23-13-5-14-24-41)42-25-15-6-16-26-42)51(63)59-45-44-28-27-38(33-39-30-32-61(52(39)64)43-29-31-57-34-43)48(62(44)53(45)65)54(66)67-49(36-17-7-2-8-18-36)37-19-9-3-10-20-37/h2-26,33,43-45,49,57H,27-32,34H2,1H3,(H,59,63)/b39-33+,60-47+/t43-,44?,45+/m1/s1. The number of likely N-dealkylation sites (tertiary alicyclic amines) is 1. The van der Waals surface area contributed by atoms with Crippen molar-refractivity contribution < 1.29 is 28.8 Å². The fraction of sp³-hybridized carbons (Fsp3) is 0.236. The van der Waals surface area contributed by atoms with Crippen molar-refractivity contribution >= 4 is 52.3 Å². The second-order valence-electron chi connectivity index (χ2n) is 17.5. The van der Waals surface area contributed by atoms with Gasteiger partial charge in [0.15, 0.2) is 11.8 Å². The molecule has 2 N–H and O–H groups in total. The second kappa shape index (κ2) is 19.8. The molecule has 3 fully saturated rings. The maximum atomic E-state index is 14.9. The molecule has 1 aromatic heterocycles. The van der Waals surface area contributed by atoms with Gasteiger partial charge in [-0.3, -0.25) is 19.3 Å². The van der Waals surface area contributed by atoms with E-state index in [4.69, 9.17) is 21.2 Å². The van der Waals surface area contributed by atoms with Crippen LogP contribution >= 0.6 is 22.9 Å². The number of ether oxygens (including phenoxy) is 1. The third-order valence-electron chi connectivity index (χ3n) is 13.3. The number of fused-ring (bicyclic) bond motifs is 1. The van der Waals surface area contributed by atoms with E-state index in [0.29, 0.717) is 42.0 Å². The Bertz CT molecular complexity index is 2830. The Balaban J connectivity index is 1.000. The molecule has 4 aliphatic heterocycles. The van der Waals surface area contributed by atoms with Crippen LogP contribution in [0.1, 0.15) is 70.3 Å². The van der Waals surface area contributed by atoms with Gasteiger partial charge in [-0.25, -0.2) is 9.78 Å². The van der Waals surface area contributed by atoms with E-state index in [2.05, 4.69) is 20.8 Å². The Morgan fingerprint density at radius 3 is 1.91 bits per heavy atom. The molecule has 3 atom stereocenters. The van der Waals surface area contributed by atoms with Crippen LogP contribution in [0, 0.1) is 6.92 Å². The number of carbonyl (C=O) groups excluding carboxylic acids is 4. The number of oxime groups is 1. The van der Waals surface area contributed by atoms with Crippen LogP contribution in [0.15, 0.2) is 180 Å². The number of amides is 3. The van der Waals surface area contributed by atoms with Crippen LogP contribution < -0.4 is 10.6 Å². The van der Waals surface area contributed by atoms with Crippen LogP contribution in [-0.2, 0) is 34.4 Å². The van der Waals surface area contributed by atoms with Gasteiger partial charge >= 0.3 is 5.97 Å². The van der Waals surface area contributed by atoms with Crippen LogP contribution in [0.3, 0.4) is 0 Å². The third kappa shape index (κ3) is 8.89. The summed E-state index contributed by atoms with van der Waals surface area (Å²) in [6.07, 6.45) is 3.09. The molecule has 12 nitrogen and oxygen atoms in total. The van der Waals surface area contributed by atoms with Crippen molar-refractivity contribution in [3.63, 3.8) is 0 Å². The number of carbonyl (C=O) groups is 4. The molecule has 0 bridgehead atoms. The summed E-state index contributed by atoms with van der Waals surface area (Å²) >= 11 is 8.00. The molecule has 348 valence electrons. The Kier molecular flexibility index (Phi) is 13.1. The molecule has 0 aliphatic carbocycles. The topological polar surface area (TPSA) is 143 Å². The zero-order valence-corrected chi connectivity index (χ0v) is 39.4. The highest BCUT2D eigenvalue weighted by Gasteiger charge is 2.54. The SMILES string of the molecule is Cc1nc(/C(=N\OC(c2ccccc2)(c2ccccc2)c2ccccc2)C(=O)N[C@@H]2C(=O)N3C(C(=O)OC(c4ccccc4)c4ccccc4)=C(/C=C4\CCN([C@@H]5CCNC5)C4=O)CCC23)c(Cl)s1. The zero-order chi connectivity index (χ0) is 47.5. The normalized spacial score (nSPS) is 20.0. The van der Waals surface area contributed by atoms with E-state index in [9.17, 15) is 19.2 Å². The quantitative estimate of drug-likeness (QED) is 0.0277. The molecule has 6 aromatic rings. The number of β-lactam (4-membered cyclic amide) rings is 1. The van der Waals surface area contributed by atoms with Gasteiger partial charge in [-0.05, 0) is 61.9 Å². The summed E-state index contributed by atoms with van der Waals surface area (Å²) in [5.41, 5.74) is 3.44. The minimum absolute atomic E-state index is 0.0497. The van der Waals surface area contributed by atoms with Crippen molar-refractivity contribution in [2.75, 3.05) is 19.6 Å². The van der Waals surface area contributed by atoms with E-state index in [1.165, 1.54) is 16.2 Å². The average molecular weight is 958 g/mol. The number of aromatic nitrogens is 1. The van der Waals surface area contributed by atoms with E-state index in [0.717, 1.165) is 47.3 Å². The summed E-state index contributed by atoms with van der Waals surface area (Å²) in [4.78, 5) is 73.0. The first-order valence-electron chi connectivity index (χ1n) is 23.2. The number of hydrogen-bond donors (Lipinski definition) is 2. The van der Waals surface area contributed by atoms with Crippen LogP contribution in [-0.4, -0.2) is 81.9 Å². The molecule has 0 radical (unpaired) electrons. The molecule has 3 saturated heterocycles. The fourth-order valence-electron chi connectivity index (χ4n) is 9.94. The largest absolute Gasteiger partial charge is 0.448 e. The van der Waals surface area contributed by atoms with E-state index in [-0.39, 0.29) is 33.4 Å². The molecule has 3 amide bonds. The lowest BCUT2D eigenvalue weighted by Crippen LogP contribution is -2.72. The number of esters is 1. The molecule has 0 spiro atoms. The number of nitrogens with one attached hydrogen (secondary N) is 2. The maximum Gasteiger partial charge on any atom is 0.356 e. The Labute approximate surface area is 409 Å². The molecule has 5 aromatic carbocycles. The lowest BCUT2D eigenvalue weighted by molar-refractivity contribution is -0.158. The predicted octanol–water partition coefficient (Wildman–Crippen LogP) is 8.41. The minimum atomic E-state index is -1.34. The van der Waals surface area contributed by atoms with Crippen LogP contribution in [0.5, 0.6) is 0 Å². The number of halogens is 1. The monoisotopic (exact) mass is 956 g/mol. The Morgan fingerprint density at radius 2 is 1.39 bits per heavy atom. The molecular formula is C55H49ClN6O6S. The van der Waals surface area contributed by atoms with Crippen molar-refractivity contribution in [3.8, 4) is 0 Å². The van der Waals surface area contributed by atoms with Gasteiger partial charge < -0.3 is 25.1 Å². The summed E-state index contributed by atoms with van der Waals surface area (Å²) in [6.45, 7) is 3.93. The second-order valence-corrected chi connectivity index (χ2v) is 19.3. The molecule has 10 rings (SSSR count). The fourth-order valence-corrected chi connectivity index (χ4v) is 11.0. The number of nitrogens with zero attached hydrogens (tertiary/aromatic N) is 4. The smallest absolute Gasteiger partial charge is 0.356 e. The van der Waals surface area contributed by atoms with Gasteiger partial charge in [-0.2, -0.15) is 0 Å². The van der Waals surface area contributed by atoms with E-state index >= 15 is 0 Å². The lowest BCUT2D eigenvalue weighted by atomic mass is 9.80. The van der Waals surface area contributed by atoms with Gasteiger partial charge in [0.05, 0.1) is 11.0 Å². The van der Waals surface area contributed by atoms with Gasteiger partial charge in [0.25, 0.3) is 11.8 Å².